The topological polar surface area (TPSA) is 109 Å². The molecular weight excluding hydrogens is 253 g/mol. The Morgan fingerprint density at radius 1 is 1.05 bits per heavy atom. The van der Waals surface area contributed by atoms with Gasteiger partial charge >= 0.3 is 0 Å². The first-order valence-electron chi connectivity index (χ1n) is 5.24. The van der Waals surface area contributed by atoms with Crippen molar-refractivity contribution in [3.8, 4) is 23.0 Å². The molecule has 0 saturated carbocycles. The first-order valence-corrected chi connectivity index (χ1v) is 5.24. The van der Waals surface area contributed by atoms with Gasteiger partial charge in [0.15, 0.2) is 11.6 Å². The van der Waals surface area contributed by atoms with Crippen LogP contribution in [-0.2, 0) is 0 Å². The summed E-state index contributed by atoms with van der Waals surface area (Å²) in [7, 11) is 2.86. The molecule has 2 aromatic heterocycles. The van der Waals surface area contributed by atoms with E-state index in [2.05, 4.69) is 15.0 Å². The van der Waals surface area contributed by atoms with Crippen molar-refractivity contribution in [1.82, 2.24) is 15.0 Å². The summed E-state index contributed by atoms with van der Waals surface area (Å²) in [6, 6.07) is 3.10. The summed E-state index contributed by atoms with van der Waals surface area (Å²) in [5.41, 5.74) is 11.1. The highest BCUT2D eigenvalue weighted by atomic mass is 19.1. The van der Waals surface area contributed by atoms with Gasteiger partial charge in [0.2, 0.25) is 17.7 Å². The van der Waals surface area contributed by atoms with Gasteiger partial charge in [-0.25, -0.2) is 9.37 Å². The number of aromatic nitrogens is 3. The molecule has 8 heteroatoms. The number of ether oxygens (including phenoxy) is 2. The lowest BCUT2D eigenvalue weighted by atomic mass is 10.2. The molecule has 0 aliphatic rings. The lowest BCUT2D eigenvalue weighted by molar-refractivity contribution is 0.365. The van der Waals surface area contributed by atoms with Crippen molar-refractivity contribution in [2.24, 2.45) is 0 Å². The number of hydrogen-bond acceptors (Lipinski definition) is 7. The fourth-order valence-corrected chi connectivity index (χ4v) is 1.53. The Kier molecular flexibility index (Phi) is 3.32. The lowest BCUT2D eigenvalue weighted by Gasteiger charge is -2.10. The van der Waals surface area contributed by atoms with Crippen LogP contribution in [0.1, 0.15) is 0 Å². The molecule has 2 heterocycles. The van der Waals surface area contributed by atoms with Gasteiger partial charge in [0.25, 0.3) is 0 Å². The average molecular weight is 265 g/mol. The number of nitrogen functional groups attached to an aromatic ring is 2. The first kappa shape index (κ1) is 12.8. The van der Waals surface area contributed by atoms with E-state index in [-0.39, 0.29) is 23.3 Å². The zero-order chi connectivity index (χ0) is 14.0. The maximum atomic E-state index is 13.9. The minimum Gasteiger partial charge on any atom is -0.481 e. The van der Waals surface area contributed by atoms with Crippen molar-refractivity contribution in [1.29, 1.82) is 0 Å². The van der Waals surface area contributed by atoms with E-state index in [1.54, 1.807) is 12.1 Å². The molecule has 0 radical (unpaired) electrons. The molecule has 2 aromatic rings. The van der Waals surface area contributed by atoms with Gasteiger partial charge in [-0.2, -0.15) is 9.97 Å². The van der Waals surface area contributed by atoms with E-state index in [1.807, 2.05) is 0 Å². The van der Waals surface area contributed by atoms with Crippen LogP contribution in [0.5, 0.6) is 11.8 Å². The molecule has 0 aromatic carbocycles. The van der Waals surface area contributed by atoms with Crippen LogP contribution >= 0.6 is 0 Å². The van der Waals surface area contributed by atoms with Gasteiger partial charge in [-0.1, -0.05) is 0 Å². The molecule has 0 bridgehead atoms. The fourth-order valence-electron chi connectivity index (χ4n) is 1.53. The summed E-state index contributed by atoms with van der Waals surface area (Å²) in [6.45, 7) is 0. The third kappa shape index (κ3) is 2.32. The molecule has 100 valence electrons. The van der Waals surface area contributed by atoms with E-state index in [0.717, 1.165) is 0 Å². The summed E-state index contributed by atoms with van der Waals surface area (Å²) in [4.78, 5) is 11.4. The molecule has 0 aliphatic carbocycles. The third-order valence-electron chi connectivity index (χ3n) is 2.39. The predicted octanol–water partition coefficient (Wildman–Crippen LogP) is 0.859. The van der Waals surface area contributed by atoms with Crippen molar-refractivity contribution in [3.63, 3.8) is 0 Å². The third-order valence-corrected chi connectivity index (χ3v) is 2.39. The SMILES string of the molecule is COc1ccc(-c2nc(N)nc(N)c2F)c(OC)n1. The number of nitrogens with two attached hydrogens (primary N) is 2. The smallest absolute Gasteiger partial charge is 0.226 e. The molecule has 0 unspecified atom stereocenters. The van der Waals surface area contributed by atoms with Gasteiger partial charge in [-0.15, -0.1) is 0 Å². The van der Waals surface area contributed by atoms with E-state index < -0.39 is 5.82 Å². The Morgan fingerprint density at radius 3 is 2.42 bits per heavy atom. The molecule has 0 spiro atoms. The second kappa shape index (κ2) is 4.92. The van der Waals surface area contributed by atoms with E-state index in [4.69, 9.17) is 20.9 Å². The zero-order valence-electron chi connectivity index (χ0n) is 10.3. The normalized spacial score (nSPS) is 10.3. The van der Waals surface area contributed by atoms with Gasteiger partial charge < -0.3 is 20.9 Å². The molecule has 2 rings (SSSR count). The molecule has 19 heavy (non-hydrogen) atoms. The van der Waals surface area contributed by atoms with Crippen LogP contribution in [0.2, 0.25) is 0 Å². The van der Waals surface area contributed by atoms with Gasteiger partial charge in [-0.05, 0) is 6.07 Å². The number of halogens is 1. The Balaban J connectivity index is 2.65. The number of rotatable bonds is 3. The van der Waals surface area contributed by atoms with Gasteiger partial charge in [0.05, 0.1) is 19.8 Å². The van der Waals surface area contributed by atoms with E-state index in [1.165, 1.54) is 14.2 Å². The number of hydrogen-bond donors (Lipinski definition) is 2. The summed E-state index contributed by atoms with van der Waals surface area (Å²) in [5.74, 6) is -0.765. The quantitative estimate of drug-likeness (QED) is 0.846. The largest absolute Gasteiger partial charge is 0.481 e. The highest BCUT2D eigenvalue weighted by Crippen LogP contribution is 2.32. The highest BCUT2D eigenvalue weighted by molar-refractivity contribution is 5.69. The summed E-state index contributed by atoms with van der Waals surface area (Å²) >= 11 is 0. The molecule has 4 N–H and O–H groups in total. The van der Waals surface area contributed by atoms with Gasteiger partial charge in [-0.3, -0.25) is 0 Å². The second-order valence-corrected chi connectivity index (χ2v) is 3.54. The van der Waals surface area contributed by atoms with E-state index in [9.17, 15) is 4.39 Å². The Morgan fingerprint density at radius 2 is 1.79 bits per heavy atom. The molecule has 0 amide bonds. The maximum Gasteiger partial charge on any atom is 0.226 e. The average Bonchev–Trinajstić information content (AvgIpc) is 2.42. The first-order chi connectivity index (χ1) is 9.06. The molecule has 0 saturated heterocycles. The molecule has 0 aliphatic heterocycles. The number of nitrogens with zero attached hydrogens (tertiary/aromatic N) is 3. The Hall–Kier alpha value is -2.64. The predicted molar refractivity (Wildman–Crippen MR) is 67.1 cm³/mol. The number of pyridine rings is 1. The monoisotopic (exact) mass is 265 g/mol. The Bertz CT molecular complexity index is 620. The maximum absolute atomic E-state index is 13.9. The van der Waals surface area contributed by atoms with E-state index >= 15 is 0 Å². The second-order valence-electron chi connectivity index (χ2n) is 3.54. The van der Waals surface area contributed by atoms with Crippen molar-refractivity contribution < 1.29 is 13.9 Å². The van der Waals surface area contributed by atoms with Gasteiger partial charge in [0, 0.05) is 6.07 Å². The molecular formula is C11H12FN5O2. The molecule has 0 fully saturated rings. The number of methoxy groups -OCH3 is 2. The zero-order valence-corrected chi connectivity index (χ0v) is 10.3. The van der Waals surface area contributed by atoms with Crippen molar-refractivity contribution in [2.75, 3.05) is 25.7 Å². The summed E-state index contributed by atoms with van der Waals surface area (Å²) < 4.78 is 24.0. The standard InChI is InChI=1S/C11H12FN5O2/c1-18-6-4-3-5(10(15-6)19-2)8-7(12)9(13)17-11(14)16-8/h3-4H,1-2H3,(H4,13,14,16,17). The summed E-state index contributed by atoms with van der Waals surface area (Å²) in [5, 5.41) is 0. The van der Waals surface area contributed by atoms with Gasteiger partial charge in [0.1, 0.15) is 5.69 Å². The molecule has 7 nitrogen and oxygen atoms in total. The highest BCUT2D eigenvalue weighted by Gasteiger charge is 2.18. The minimum absolute atomic E-state index is 0.0722. The fraction of sp³-hybridized carbons (Fsp3) is 0.182. The van der Waals surface area contributed by atoms with Crippen LogP contribution in [0, 0.1) is 5.82 Å². The number of anilines is 2. The van der Waals surface area contributed by atoms with Crippen LogP contribution in [0.3, 0.4) is 0 Å². The van der Waals surface area contributed by atoms with Crippen LogP contribution in [-0.4, -0.2) is 29.2 Å². The summed E-state index contributed by atoms with van der Waals surface area (Å²) in [6.07, 6.45) is 0. The molecule has 0 atom stereocenters. The lowest BCUT2D eigenvalue weighted by Crippen LogP contribution is -2.06. The van der Waals surface area contributed by atoms with Crippen molar-refractivity contribution in [2.45, 2.75) is 0 Å². The van der Waals surface area contributed by atoms with E-state index in [0.29, 0.717) is 11.4 Å². The van der Waals surface area contributed by atoms with Crippen LogP contribution in [0.4, 0.5) is 16.2 Å². The van der Waals surface area contributed by atoms with Crippen molar-refractivity contribution >= 4 is 11.8 Å². The van der Waals surface area contributed by atoms with Crippen molar-refractivity contribution in [3.05, 3.63) is 17.9 Å². The van der Waals surface area contributed by atoms with Crippen LogP contribution < -0.4 is 20.9 Å². The van der Waals surface area contributed by atoms with Crippen LogP contribution in [0.25, 0.3) is 11.3 Å². The van der Waals surface area contributed by atoms with Crippen LogP contribution in [0.15, 0.2) is 12.1 Å². The Labute approximate surface area is 108 Å². The minimum atomic E-state index is -0.778.